The topological polar surface area (TPSA) is 38.8 Å². The SMILES string of the molecule is CC.COCCN(C=O)c1cc(C)ccc1OC. The highest BCUT2D eigenvalue weighted by molar-refractivity contribution is 5.79. The van der Waals surface area contributed by atoms with Gasteiger partial charge in [-0.3, -0.25) is 4.79 Å². The first-order valence-corrected chi connectivity index (χ1v) is 6.08. The summed E-state index contributed by atoms with van der Waals surface area (Å²) in [4.78, 5) is 12.6. The lowest BCUT2D eigenvalue weighted by atomic mass is 10.2. The number of hydrogen-bond donors (Lipinski definition) is 0. The van der Waals surface area contributed by atoms with E-state index >= 15 is 0 Å². The Labute approximate surface area is 110 Å². The number of anilines is 1. The van der Waals surface area contributed by atoms with Gasteiger partial charge in [0.25, 0.3) is 0 Å². The summed E-state index contributed by atoms with van der Waals surface area (Å²) in [7, 11) is 3.20. The van der Waals surface area contributed by atoms with Gasteiger partial charge in [0.05, 0.1) is 19.4 Å². The Hall–Kier alpha value is -1.55. The fraction of sp³-hybridized carbons (Fsp3) is 0.500. The van der Waals surface area contributed by atoms with Crippen LogP contribution in [0.25, 0.3) is 0 Å². The fourth-order valence-corrected chi connectivity index (χ4v) is 1.44. The molecular formula is C14H23NO3. The summed E-state index contributed by atoms with van der Waals surface area (Å²) in [5.41, 5.74) is 1.86. The maximum Gasteiger partial charge on any atom is 0.214 e. The number of amides is 1. The molecule has 0 N–H and O–H groups in total. The van der Waals surface area contributed by atoms with Gasteiger partial charge in [-0.05, 0) is 24.6 Å². The van der Waals surface area contributed by atoms with Gasteiger partial charge in [-0.1, -0.05) is 19.9 Å². The van der Waals surface area contributed by atoms with E-state index in [9.17, 15) is 4.79 Å². The standard InChI is InChI=1S/C12H17NO3.C2H6/c1-10-4-5-12(16-3)11(8-10)13(9-14)6-7-15-2;1-2/h4-5,8-9H,6-7H2,1-3H3;1-2H3. The normalized spacial score (nSPS) is 9.17. The second-order valence-corrected chi connectivity index (χ2v) is 3.47. The number of methoxy groups -OCH3 is 2. The first kappa shape index (κ1) is 16.4. The molecule has 4 nitrogen and oxygen atoms in total. The summed E-state index contributed by atoms with van der Waals surface area (Å²) in [6.07, 6.45) is 0.788. The van der Waals surface area contributed by atoms with Gasteiger partial charge >= 0.3 is 0 Å². The van der Waals surface area contributed by atoms with E-state index in [-0.39, 0.29) is 0 Å². The van der Waals surface area contributed by atoms with Crippen molar-refractivity contribution in [2.75, 3.05) is 32.3 Å². The highest BCUT2D eigenvalue weighted by atomic mass is 16.5. The van der Waals surface area contributed by atoms with Gasteiger partial charge in [-0.2, -0.15) is 0 Å². The minimum atomic E-state index is 0.496. The smallest absolute Gasteiger partial charge is 0.214 e. The van der Waals surface area contributed by atoms with Crippen molar-refractivity contribution in [3.8, 4) is 5.75 Å². The largest absolute Gasteiger partial charge is 0.495 e. The zero-order chi connectivity index (χ0) is 14.0. The Morgan fingerprint density at radius 2 is 1.94 bits per heavy atom. The van der Waals surface area contributed by atoms with Crippen LogP contribution in [0.2, 0.25) is 0 Å². The van der Waals surface area contributed by atoms with E-state index in [0.717, 1.165) is 17.7 Å². The van der Waals surface area contributed by atoms with Crippen molar-refractivity contribution in [3.63, 3.8) is 0 Å². The van der Waals surface area contributed by atoms with Crippen LogP contribution in [0.15, 0.2) is 18.2 Å². The fourth-order valence-electron chi connectivity index (χ4n) is 1.44. The molecule has 0 fully saturated rings. The zero-order valence-electron chi connectivity index (χ0n) is 11.9. The molecule has 4 heteroatoms. The molecule has 1 aromatic rings. The third-order valence-corrected chi connectivity index (χ3v) is 2.31. The molecule has 0 saturated carbocycles. The third-order valence-electron chi connectivity index (χ3n) is 2.31. The van der Waals surface area contributed by atoms with Crippen LogP contribution >= 0.6 is 0 Å². The van der Waals surface area contributed by atoms with Crippen LogP contribution < -0.4 is 9.64 Å². The van der Waals surface area contributed by atoms with Crippen LogP contribution in [0.3, 0.4) is 0 Å². The quantitative estimate of drug-likeness (QED) is 0.732. The van der Waals surface area contributed by atoms with Gasteiger partial charge in [-0.25, -0.2) is 0 Å². The lowest BCUT2D eigenvalue weighted by Gasteiger charge is -2.20. The Kier molecular flexibility index (Phi) is 8.66. The van der Waals surface area contributed by atoms with Crippen LogP contribution in [-0.4, -0.2) is 33.8 Å². The van der Waals surface area contributed by atoms with Crippen LogP contribution in [0.4, 0.5) is 5.69 Å². The van der Waals surface area contributed by atoms with Gasteiger partial charge in [0.2, 0.25) is 6.41 Å². The monoisotopic (exact) mass is 253 g/mol. The van der Waals surface area contributed by atoms with Gasteiger partial charge in [0, 0.05) is 13.7 Å². The Morgan fingerprint density at radius 3 is 2.44 bits per heavy atom. The van der Waals surface area contributed by atoms with Gasteiger partial charge in [-0.15, -0.1) is 0 Å². The highest BCUT2D eigenvalue weighted by Crippen LogP contribution is 2.28. The Morgan fingerprint density at radius 1 is 1.28 bits per heavy atom. The van der Waals surface area contributed by atoms with E-state index in [1.165, 1.54) is 0 Å². The second-order valence-electron chi connectivity index (χ2n) is 3.47. The van der Waals surface area contributed by atoms with Crippen LogP contribution in [-0.2, 0) is 9.53 Å². The first-order chi connectivity index (χ1) is 8.72. The molecule has 1 aromatic carbocycles. The first-order valence-electron chi connectivity index (χ1n) is 6.08. The van der Waals surface area contributed by atoms with E-state index in [4.69, 9.17) is 9.47 Å². The predicted octanol–water partition coefficient (Wildman–Crippen LogP) is 2.64. The summed E-state index contributed by atoms with van der Waals surface area (Å²) >= 11 is 0. The van der Waals surface area contributed by atoms with Crippen molar-refractivity contribution in [1.29, 1.82) is 0 Å². The van der Waals surface area contributed by atoms with Crippen molar-refractivity contribution in [3.05, 3.63) is 23.8 Å². The molecule has 0 atom stereocenters. The van der Waals surface area contributed by atoms with E-state index in [2.05, 4.69) is 0 Å². The number of aryl methyl sites for hydroxylation is 1. The number of ether oxygens (including phenoxy) is 2. The number of rotatable bonds is 6. The molecule has 0 bridgehead atoms. The molecule has 1 rings (SSSR count). The minimum absolute atomic E-state index is 0.496. The van der Waals surface area contributed by atoms with Crippen molar-refractivity contribution in [2.24, 2.45) is 0 Å². The molecule has 1 amide bonds. The molecule has 18 heavy (non-hydrogen) atoms. The van der Waals surface area contributed by atoms with Gasteiger partial charge < -0.3 is 14.4 Å². The second kappa shape index (κ2) is 9.48. The molecule has 0 heterocycles. The summed E-state index contributed by atoms with van der Waals surface area (Å²) in [5, 5.41) is 0. The van der Waals surface area contributed by atoms with E-state index < -0.39 is 0 Å². The molecule has 0 aliphatic carbocycles. The van der Waals surface area contributed by atoms with Gasteiger partial charge in [0.1, 0.15) is 5.75 Å². The number of hydrogen-bond acceptors (Lipinski definition) is 3. The molecule has 102 valence electrons. The van der Waals surface area contributed by atoms with E-state index in [1.807, 2.05) is 39.0 Å². The predicted molar refractivity (Wildman–Crippen MR) is 74.4 cm³/mol. The summed E-state index contributed by atoms with van der Waals surface area (Å²) < 4.78 is 10.2. The van der Waals surface area contributed by atoms with Gasteiger partial charge in [0.15, 0.2) is 0 Å². The van der Waals surface area contributed by atoms with Crippen LogP contribution in [0, 0.1) is 6.92 Å². The van der Waals surface area contributed by atoms with Crippen LogP contribution in [0.1, 0.15) is 19.4 Å². The molecule has 0 saturated heterocycles. The number of nitrogens with zero attached hydrogens (tertiary/aromatic N) is 1. The lowest BCUT2D eigenvalue weighted by molar-refractivity contribution is -0.107. The summed E-state index contributed by atoms with van der Waals surface area (Å²) in [6, 6.07) is 5.72. The van der Waals surface area contributed by atoms with E-state index in [0.29, 0.717) is 18.9 Å². The molecule has 0 unspecified atom stereocenters. The molecule has 0 aliphatic rings. The summed E-state index contributed by atoms with van der Waals surface area (Å²) in [6.45, 7) is 6.98. The summed E-state index contributed by atoms with van der Waals surface area (Å²) in [5.74, 6) is 0.689. The van der Waals surface area contributed by atoms with Crippen molar-refractivity contribution in [1.82, 2.24) is 0 Å². The average molecular weight is 253 g/mol. The van der Waals surface area contributed by atoms with Crippen LogP contribution in [0.5, 0.6) is 5.75 Å². The van der Waals surface area contributed by atoms with Crippen molar-refractivity contribution < 1.29 is 14.3 Å². The van der Waals surface area contributed by atoms with E-state index in [1.54, 1.807) is 19.1 Å². The van der Waals surface area contributed by atoms with Crippen molar-refractivity contribution in [2.45, 2.75) is 20.8 Å². The maximum atomic E-state index is 11.0. The zero-order valence-corrected chi connectivity index (χ0v) is 11.9. The lowest BCUT2D eigenvalue weighted by Crippen LogP contribution is -2.25. The number of carbonyl (C=O) groups excluding carboxylic acids is 1. The molecule has 0 aromatic heterocycles. The minimum Gasteiger partial charge on any atom is -0.495 e. The Bertz CT molecular complexity index is 353. The molecular weight excluding hydrogens is 230 g/mol. The molecule has 0 aliphatic heterocycles. The maximum absolute atomic E-state index is 11.0. The average Bonchev–Trinajstić information content (AvgIpc) is 2.42. The molecule has 0 spiro atoms. The highest BCUT2D eigenvalue weighted by Gasteiger charge is 2.10. The third kappa shape index (κ3) is 4.75. The number of carbonyl (C=O) groups is 1. The van der Waals surface area contributed by atoms with Crippen molar-refractivity contribution >= 4 is 12.1 Å². The number of benzene rings is 1. The Balaban J connectivity index is 0.00000137. The molecule has 0 radical (unpaired) electrons.